The molecule has 0 unspecified atom stereocenters. The summed E-state index contributed by atoms with van der Waals surface area (Å²) >= 11 is 0. The van der Waals surface area contributed by atoms with E-state index in [4.69, 9.17) is 0 Å². The molecule has 0 heterocycles. The molecule has 200 valence electrons. The van der Waals surface area contributed by atoms with Crippen LogP contribution >= 0.6 is 0 Å². The van der Waals surface area contributed by atoms with Gasteiger partial charge in [-0.1, -0.05) is 115 Å². The lowest BCUT2D eigenvalue weighted by atomic mass is 10.0. The first-order valence-corrected chi connectivity index (χ1v) is 14.3. The van der Waals surface area contributed by atoms with Gasteiger partial charge in [-0.3, -0.25) is 0 Å². The summed E-state index contributed by atoms with van der Waals surface area (Å²) in [6, 6.07) is 62.2. The van der Waals surface area contributed by atoms with Crippen molar-refractivity contribution in [2.45, 2.75) is 0 Å². The summed E-state index contributed by atoms with van der Waals surface area (Å²) in [5, 5.41) is 6.04. The van der Waals surface area contributed by atoms with Crippen LogP contribution in [-0.2, 0) is 0 Å². The zero-order valence-electron chi connectivity index (χ0n) is 23.2. The molecule has 0 saturated heterocycles. The Labute approximate surface area is 247 Å². The number of anilines is 5. The third kappa shape index (κ3) is 5.39. The second kappa shape index (κ2) is 11.5. The largest absolute Gasteiger partial charge is 0.356 e. The SMILES string of the molecule is c1ccc(-c2ccc(N(c3ccc(Nc4ccc5ccccc5c4)cc3)c3ccc(-c4ccccc4)cc3)cc2)cc1. The van der Waals surface area contributed by atoms with E-state index in [-0.39, 0.29) is 0 Å². The second-order valence-electron chi connectivity index (χ2n) is 10.4. The molecule has 0 amide bonds. The van der Waals surface area contributed by atoms with Gasteiger partial charge in [0.1, 0.15) is 0 Å². The van der Waals surface area contributed by atoms with E-state index in [9.17, 15) is 0 Å². The van der Waals surface area contributed by atoms with Crippen molar-refractivity contribution in [1.82, 2.24) is 0 Å². The number of rotatable bonds is 7. The minimum absolute atomic E-state index is 1.05. The molecule has 0 spiro atoms. The van der Waals surface area contributed by atoms with Gasteiger partial charge in [0.25, 0.3) is 0 Å². The molecule has 0 aliphatic rings. The van der Waals surface area contributed by atoms with Crippen LogP contribution in [0.25, 0.3) is 33.0 Å². The summed E-state index contributed by atoms with van der Waals surface area (Å²) in [6.45, 7) is 0. The molecule has 0 aliphatic heterocycles. The van der Waals surface area contributed by atoms with Crippen molar-refractivity contribution < 1.29 is 0 Å². The summed E-state index contributed by atoms with van der Waals surface area (Å²) < 4.78 is 0. The molecule has 0 aromatic heterocycles. The number of hydrogen-bond donors (Lipinski definition) is 1. The van der Waals surface area contributed by atoms with Crippen molar-refractivity contribution in [2.75, 3.05) is 10.2 Å². The monoisotopic (exact) mass is 538 g/mol. The fraction of sp³-hybridized carbons (Fsp3) is 0. The van der Waals surface area contributed by atoms with E-state index in [1.165, 1.54) is 33.0 Å². The Morgan fingerprint density at radius 1 is 0.310 bits per heavy atom. The van der Waals surface area contributed by atoms with Crippen molar-refractivity contribution in [3.8, 4) is 22.3 Å². The zero-order chi connectivity index (χ0) is 28.1. The van der Waals surface area contributed by atoms with E-state index in [0.29, 0.717) is 0 Å². The zero-order valence-corrected chi connectivity index (χ0v) is 23.2. The second-order valence-corrected chi connectivity index (χ2v) is 10.4. The molecule has 0 atom stereocenters. The first kappa shape index (κ1) is 25.4. The van der Waals surface area contributed by atoms with Crippen LogP contribution in [0.15, 0.2) is 176 Å². The number of nitrogens with one attached hydrogen (secondary N) is 1. The summed E-state index contributed by atoms with van der Waals surface area (Å²) in [5.41, 5.74) is 10.3. The normalized spacial score (nSPS) is 10.9. The minimum atomic E-state index is 1.05. The Hall–Kier alpha value is -5.60. The topological polar surface area (TPSA) is 15.3 Å². The van der Waals surface area contributed by atoms with Crippen molar-refractivity contribution in [3.63, 3.8) is 0 Å². The highest BCUT2D eigenvalue weighted by molar-refractivity contribution is 5.87. The maximum Gasteiger partial charge on any atom is 0.0463 e. The quantitative estimate of drug-likeness (QED) is 0.217. The van der Waals surface area contributed by atoms with Crippen LogP contribution in [0.4, 0.5) is 28.4 Å². The van der Waals surface area contributed by atoms with Crippen LogP contribution in [0.5, 0.6) is 0 Å². The molecule has 42 heavy (non-hydrogen) atoms. The predicted octanol–water partition coefficient (Wildman–Crippen LogP) is 11.4. The lowest BCUT2D eigenvalue weighted by Crippen LogP contribution is -2.10. The number of nitrogens with zero attached hydrogens (tertiary/aromatic N) is 1. The van der Waals surface area contributed by atoms with E-state index < -0.39 is 0 Å². The molecule has 0 aliphatic carbocycles. The van der Waals surface area contributed by atoms with E-state index in [1.54, 1.807) is 0 Å². The fourth-order valence-electron chi connectivity index (χ4n) is 5.44. The lowest BCUT2D eigenvalue weighted by Gasteiger charge is -2.26. The van der Waals surface area contributed by atoms with Gasteiger partial charge in [0, 0.05) is 28.4 Å². The highest BCUT2D eigenvalue weighted by atomic mass is 15.1. The standard InChI is InChI=1S/C40H30N2/c1-3-9-30(10-4-1)33-16-23-38(24-17-33)42(39-25-18-34(19-26-39)31-11-5-2-6-12-31)40-27-21-36(22-28-40)41-37-20-15-32-13-7-8-14-35(32)29-37/h1-29,41H. The molecule has 2 nitrogen and oxygen atoms in total. The molecule has 7 aromatic carbocycles. The predicted molar refractivity (Wildman–Crippen MR) is 179 cm³/mol. The van der Waals surface area contributed by atoms with Gasteiger partial charge in [-0.25, -0.2) is 0 Å². The van der Waals surface area contributed by atoms with Crippen LogP contribution in [0.2, 0.25) is 0 Å². The number of hydrogen-bond acceptors (Lipinski definition) is 2. The molecular formula is C40H30N2. The van der Waals surface area contributed by atoms with Crippen molar-refractivity contribution in [2.24, 2.45) is 0 Å². The van der Waals surface area contributed by atoms with E-state index in [0.717, 1.165) is 28.4 Å². The van der Waals surface area contributed by atoms with Gasteiger partial charge < -0.3 is 10.2 Å². The summed E-state index contributed by atoms with van der Waals surface area (Å²) in [6.07, 6.45) is 0. The molecule has 0 radical (unpaired) electrons. The molecule has 0 saturated carbocycles. The average Bonchev–Trinajstić information content (AvgIpc) is 3.07. The van der Waals surface area contributed by atoms with Gasteiger partial charge in [0.05, 0.1) is 0 Å². The van der Waals surface area contributed by atoms with E-state index in [2.05, 4.69) is 186 Å². The Morgan fingerprint density at radius 2 is 0.714 bits per heavy atom. The molecular weight excluding hydrogens is 508 g/mol. The van der Waals surface area contributed by atoms with Crippen LogP contribution in [0, 0.1) is 0 Å². The Bertz CT molecular complexity index is 1830. The number of fused-ring (bicyclic) bond motifs is 1. The van der Waals surface area contributed by atoms with Gasteiger partial charge in [0.15, 0.2) is 0 Å². The van der Waals surface area contributed by atoms with Gasteiger partial charge in [-0.2, -0.15) is 0 Å². The van der Waals surface area contributed by atoms with Crippen LogP contribution in [0.1, 0.15) is 0 Å². The smallest absolute Gasteiger partial charge is 0.0463 e. The third-order valence-electron chi connectivity index (χ3n) is 7.63. The number of benzene rings is 7. The molecule has 0 fully saturated rings. The van der Waals surface area contributed by atoms with Crippen molar-refractivity contribution >= 4 is 39.2 Å². The molecule has 7 rings (SSSR count). The molecule has 2 heteroatoms. The Kier molecular flexibility index (Phi) is 6.94. The highest BCUT2D eigenvalue weighted by Gasteiger charge is 2.13. The molecule has 7 aromatic rings. The van der Waals surface area contributed by atoms with Crippen LogP contribution in [-0.4, -0.2) is 0 Å². The van der Waals surface area contributed by atoms with Gasteiger partial charge >= 0.3 is 0 Å². The third-order valence-corrected chi connectivity index (χ3v) is 7.63. The van der Waals surface area contributed by atoms with Crippen LogP contribution < -0.4 is 10.2 Å². The first-order chi connectivity index (χ1) is 20.8. The Morgan fingerprint density at radius 3 is 1.24 bits per heavy atom. The van der Waals surface area contributed by atoms with Crippen LogP contribution in [0.3, 0.4) is 0 Å². The Balaban J connectivity index is 1.21. The fourth-order valence-corrected chi connectivity index (χ4v) is 5.44. The highest BCUT2D eigenvalue weighted by Crippen LogP contribution is 2.37. The minimum Gasteiger partial charge on any atom is -0.356 e. The maximum atomic E-state index is 3.57. The van der Waals surface area contributed by atoms with Gasteiger partial charge in [0.2, 0.25) is 0 Å². The molecule has 0 bridgehead atoms. The summed E-state index contributed by atoms with van der Waals surface area (Å²) in [5.74, 6) is 0. The van der Waals surface area contributed by atoms with Gasteiger partial charge in [-0.15, -0.1) is 0 Å². The maximum absolute atomic E-state index is 3.57. The lowest BCUT2D eigenvalue weighted by molar-refractivity contribution is 1.28. The summed E-state index contributed by atoms with van der Waals surface area (Å²) in [7, 11) is 0. The first-order valence-electron chi connectivity index (χ1n) is 14.3. The van der Waals surface area contributed by atoms with Gasteiger partial charge in [-0.05, 0) is 93.7 Å². The summed E-state index contributed by atoms with van der Waals surface area (Å²) in [4.78, 5) is 2.31. The average molecular weight is 539 g/mol. The molecule has 1 N–H and O–H groups in total. The van der Waals surface area contributed by atoms with Crippen molar-refractivity contribution in [1.29, 1.82) is 0 Å². The van der Waals surface area contributed by atoms with E-state index in [1.807, 2.05) is 0 Å². The van der Waals surface area contributed by atoms with E-state index >= 15 is 0 Å². The van der Waals surface area contributed by atoms with Crippen molar-refractivity contribution in [3.05, 3.63) is 176 Å².